The van der Waals surface area contributed by atoms with E-state index in [0.717, 1.165) is 0 Å². The smallest absolute Gasteiger partial charge is 0.281 e. The minimum absolute atomic E-state index is 0. The van der Waals surface area contributed by atoms with Gasteiger partial charge in [0.1, 0.15) is 0 Å². The second-order valence-electron chi connectivity index (χ2n) is 0. The number of carbonyl (C=O) groups excluding carboxylic acids is 1. The number of hydrogen-bond donors (Lipinski definition) is 0. The summed E-state index contributed by atoms with van der Waals surface area (Å²) in [5.41, 5.74) is 0. The summed E-state index contributed by atoms with van der Waals surface area (Å²) in [5, 5.41) is 0. The van der Waals surface area contributed by atoms with E-state index in [9.17, 15) is 0 Å². The molecule has 0 heterocycles. The summed E-state index contributed by atoms with van der Waals surface area (Å²) in [4.78, 5) is 7.50. The summed E-state index contributed by atoms with van der Waals surface area (Å²) in [7, 11) is 0. The van der Waals surface area contributed by atoms with E-state index in [0.29, 0.717) is 0 Å². The van der Waals surface area contributed by atoms with Gasteiger partial charge in [-0.2, -0.15) is 0 Å². The van der Waals surface area contributed by atoms with Gasteiger partial charge in [-0.3, -0.25) is 4.79 Å². The van der Waals surface area contributed by atoms with Gasteiger partial charge in [0.15, 0.2) is 0 Å². The fourth-order valence-corrected chi connectivity index (χ4v) is 0. The molecule has 0 aliphatic carbocycles. The quantitative estimate of drug-likeness (QED) is 0.414. The molecule has 0 fully saturated rings. The van der Waals surface area contributed by atoms with Crippen molar-refractivity contribution < 1.29 is 39.2 Å². The van der Waals surface area contributed by atoms with E-state index in [1.807, 2.05) is 0 Å². The first-order chi connectivity index (χ1) is 1.00. The van der Waals surface area contributed by atoms with E-state index in [4.69, 9.17) is 4.79 Å². The first-order valence-corrected chi connectivity index (χ1v) is 0.204. The van der Waals surface area contributed by atoms with Gasteiger partial charge in [-0.05, 0) is 0 Å². The number of rotatable bonds is 0. The molecule has 0 spiro atoms. The molecule has 0 rings (SSSR count). The van der Waals surface area contributed by atoms with Gasteiger partial charge in [-0.15, -0.1) is 0 Å². The molecule has 0 aliphatic heterocycles. The topological polar surface area (TPSA) is 17.1 Å². The second kappa shape index (κ2) is 52.9. The minimum atomic E-state index is 0. The summed E-state index contributed by atoms with van der Waals surface area (Å²) >= 11 is 0. The van der Waals surface area contributed by atoms with Gasteiger partial charge in [0.25, 0.3) is 6.79 Å². The average Bonchev–Trinajstić information content (AvgIpc) is 1.00. The Hall–Kier alpha value is 0.722. The van der Waals surface area contributed by atoms with Gasteiger partial charge in [-0.1, -0.05) is 0 Å². The normalized spacial score (nSPS) is 1.00. The fraction of sp³-hybridized carbons (Fsp3) is 0. The molecule has 0 saturated carbocycles. The van der Waals surface area contributed by atoms with Gasteiger partial charge >= 0.3 is 0 Å². The monoisotopic (exact) mass is 136 g/mol. The van der Waals surface area contributed by atoms with E-state index in [2.05, 4.69) is 6.79 Å². The van der Waals surface area contributed by atoms with Crippen LogP contribution in [0.5, 0.6) is 0 Å². The molecule has 0 amide bonds. The Morgan fingerprint density at radius 3 is 1.25 bits per heavy atom. The van der Waals surface area contributed by atoms with Crippen LogP contribution in [-0.4, -0.2) is 6.79 Å². The molecule has 0 bridgehead atoms. The molecule has 0 N–H and O–H groups in total. The minimum Gasteiger partial charge on any atom is -0.281 e. The first kappa shape index (κ1) is 22.1. The Balaban J connectivity index is -0.00000000500. The van der Waals surface area contributed by atoms with Crippen molar-refractivity contribution in [1.82, 2.24) is 0 Å². The third-order valence-corrected chi connectivity index (χ3v) is 0. The second-order valence-corrected chi connectivity index (χ2v) is 0. The van der Waals surface area contributed by atoms with Crippen molar-refractivity contribution in [2.75, 3.05) is 0 Å². The van der Waals surface area contributed by atoms with Gasteiger partial charge < -0.3 is 0 Å². The van der Waals surface area contributed by atoms with Crippen molar-refractivity contribution in [3.8, 4) is 0 Å². The van der Waals surface area contributed by atoms with Gasteiger partial charge in [0, 0.05) is 34.4 Å². The molecular weight excluding hydrogens is 136 g/mol. The van der Waals surface area contributed by atoms with E-state index in [-0.39, 0.29) is 34.4 Å². The van der Waals surface area contributed by atoms with E-state index < -0.39 is 0 Å². The first-order valence-electron chi connectivity index (χ1n) is 0.204. The Bertz CT molecular complexity index is 8.00. The van der Waals surface area contributed by atoms with Crippen molar-refractivity contribution in [2.24, 2.45) is 0 Å². The fourth-order valence-electron chi connectivity index (χ4n) is 0. The molecule has 4 heavy (non-hydrogen) atoms. The van der Waals surface area contributed by atoms with Gasteiger partial charge in [0.05, 0.1) is 0 Å². The van der Waals surface area contributed by atoms with Crippen LogP contribution in [0.1, 0.15) is 0 Å². The van der Waals surface area contributed by atoms with Crippen molar-refractivity contribution in [2.45, 2.75) is 0 Å². The molecule has 24 valence electrons. The molecule has 0 aromatic heterocycles. The predicted molar refractivity (Wildman–Crippen MR) is 5.69 cm³/mol. The Labute approximate surface area is 46.4 Å². The zero-order chi connectivity index (χ0) is 2.00. The van der Waals surface area contributed by atoms with Crippen LogP contribution >= 0.6 is 0 Å². The Morgan fingerprint density at radius 2 is 1.25 bits per heavy atom. The van der Waals surface area contributed by atoms with Gasteiger partial charge in [0.2, 0.25) is 0 Å². The molecular formula is CCrFeO. The van der Waals surface area contributed by atoms with Crippen LogP contribution in [0.15, 0.2) is 0 Å². The zero-order valence-corrected chi connectivity index (χ0v) is 4.05. The molecule has 2 radical (unpaired) electrons. The molecule has 3 heteroatoms. The maximum absolute atomic E-state index is 7.50. The molecule has 0 aliphatic rings. The summed E-state index contributed by atoms with van der Waals surface area (Å²) < 4.78 is 0. The maximum atomic E-state index is 7.50. The molecule has 0 saturated heterocycles. The van der Waals surface area contributed by atoms with Crippen molar-refractivity contribution in [3.63, 3.8) is 0 Å². The predicted octanol–water partition coefficient (Wildman–Crippen LogP) is -0.402. The molecule has 0 atom stereocenters. The van der Waals surface area contributed by atoms with Gasteiger partial charge in [-0.25, -0.2) is 0 Å². The molecule has 0 unspecified atom stereocenters. The van der Waals surface area contributed by atoms with Crippen LogP contribution in [0.3, 0.4) is 0 Å². The SMILES string of the molecule is [C]=O.[Cr].[Fe]. The van der Waals surface area contributed by atoms with Crippen LogP contribution in [0.4, 0.5) is 0 Å². The van der Waals surface area contributed by atoms with E-state index >= 15 is 0 Å². The third-order valence-electron chi connectivity index (χ3n) is 0. The van der Waals surface area contributed by atoms with Crippen molar-refractivity contribution in [1.29, 1.82) is 0 Å². The van der Waals surface area contributed by atoms with Crippen LogP contribution < -0.4 is 0 Å². The van der Waals surface area contributed by atoms with E-state index in [1.54, 1.807) is 0 Å². The largest absolute Gasteiger partial charge is 0.281 e. The molecule has 0 aromatic carbocycles. The van der Waals surface area contributed by atoms with Crippen LogP contribution in [-0.2, 0) is 39.2 Å². The Kier molecular flexibility index (Phi) is 292. The van der Waals surface area contributed by atoms with Crippen LogP contribution in [0.2, 0.25) is 0 Å². The summed E-state index contributed by atoms with van der Waals surface area (Å²) in [6.07, 6.45) is 0. The van der Waals surface area contributed by atoms with E-state index in [1.165, 1.54) is 0 Å². The summed E-state index contributed by atoms with van der Waals surface area (Å²) in [6, 6.07) is 0. The molecule has 1 nitrogen and oxygen atoms in total. The third kappa shape index (κ3) is 15.5. The number of hydrogen-bond acceptors (Lipinski definition) is 1. The molecule has 0 aromatic rings. The van der Waals surface area contributed by atoms with Crippen molar-refractivity contribution >= 4 is 6.79 Å². The average molecular weight is 136 g/mol. The maximum Gasteiger partial charge on any atom is 0.281 e. The zero-order valence-electron chi connectivity index (χ0n) is 1.67. The van der Waals surface area contributed by atoms with Crippen LogP contribution in [0, 0.1) is 0 Å². The summed E-state index contributed by atoms with van der Waals surface area (Å²) in [6.45, 7) is 4.50. The van der Waals surface area contributed by atoms with Crippen LogP contribution in [0.25, 0.3) is 0 Å². The van der Waals surface area contributed by atoms with Crippen molar-refractivity contribution in [3.05, 3.63) is 0 Å². The standard InChI is InChI=1S/CO.Cr.Fe/c1-2;;. The Morgan fingerprint density at radius 1 is 1.25 bits per heavy atom. The summed E-state index contributed by atoms with van der Waals surface area (Å²) in [5.74, 6) is 0.